The first-order chi connectivity index (χ1) is 11.4. The summed E-state index contributed by atoms with van der Waals surface area (Å²) in [6.07, 6.45) is 0. The Kier molecular flexibility index (Phi) is 3.57. The summed E-state index contributed by atoms with van der Waals surface area (Å²) in [4.78, 5) is 36.4. The Morgan fingerprint density at radius 2 is 1.83 bits per heavy atom. The van der Waals surface area contributed by atoms with E-state index in [0.29, 0.717) is 5.56 Å². The maximum atomic E-state index is 13.5. The van der Waals surface area contributed by atoms with Crippen LogP contribution >= 0.6 is 0 Å². The smallest absolute Gasteiger partial charge is 0.337 e. The summed E-state index contributed by atoms with van der Waals surface area (Å²) >= 11 is 0. The van der Waals surface area contributed by atoms with Crippen molar-refractivity contribution in [2.75, 3.05) is 0 Å². The van der Waals surface area contributed by atoms with Gasteiger partial charge < -0.3 is 10.1 Å². The maximum Gasteiger partial charge on any atom is 0.337 e. The summed E-state index contributed by atoms with van der Waals surface area (Å²) in [6.45, 7) is 0. The molecule has 0 saturated carbocycles. The lowest BCUT2D eigenvalue weighted by atomic mass is 10.1. The van der Waals surface area contributed by atoms with Gasteiger partial charge in [-0.25, -0.2) is 9.18 Å². The molecule has 3 rings (SSSR count). The number of nitro benzene ring substituents is 1. The third kappa shape index (κ3) is 2.60. The molecule has 0 bridgehead atoms. The van der Waals surface area contributed by atoms with Crippen LogP contribution in [0.15, 0.2) is 47.3 Å². The summed E-state index contributed by atoms with van der Waals surface area (Å²) in [7, 11) is 0. The van der Waals surface area contributed by atoms with Crippen LogP contribution in [0.25, 0.3) is 22.2 Å². The number of rotatable bonds is 3. The molecule has 0 saturated heterocycles. The number of hydrogen-bond donors (Lipinski definition) is 2. The Balaban J connectivity index is 2.25. The first-order valence-corrected chi connectivity index (χ1v) is 6.71. The zero-order valence-corrected chi connectivity index (χ0v) is 11.9. The van der Waals surface area contributed by atoms with E-state index < -0.39 is 22.1 Å². The number of hydrogen-bond acceptors (Lipinski definition) is 4. The van der Waals surface area contributed by atoms with E-state index in [2.05, 4.69) is 4.98 Å². The molecular weight excluding hydrogens is 319 g/mol. The van der Waals surface area contributed by atoms with Crippen LogP contribution < -0.4 is 5.43 Å². The molecule has 2 N–H and O–H groups in total. The molecule has 0 amide bonds. The Hall–Kier alpha value is -3.55. The molecule has 24 heavy (non-hydrogen) atoms. The number of nitrogens with one attached hydrogen (secondary N) is 1. The van der Waals surface area contributed by atoms with Crippen molar-refractivity contribution in [1.29, 1.82) is 0 Å². The number of pyridine rings is 1. The zero-order chi connectivity index (χ0) is 17.4. The SMILES string of the molecule is O=C(O)c1cc(F)cc2c(=O)cc(-c3ccc([N+](=O)[O-])cc3)[nH]c12. The highest BCUT2D eigenvalue weighted by Gasteiger charge is 2.15. The molecule has 0 aliphatic heterocycles. The number of benzene rings is 2. The second-order valence-electron chi connectivity index (χ2n) is 5.03. The Labute approximate surface area is 133 Å². The van der Waals surface area contributed by atoms with Crippen LogP contribution in [0, 0.1) is 15.9 Å². The van der Waals surface area contributed by atoms with Crippen LogP contribution in [0.2, 0.25) is 0 Å². The topological polar surface area (TPSA) is 113 Å². The maximum absolute atomic E-state index is 13.5. The third-order valence-electron chi connectivity index (χ3n) is 3.52. The number of halogens is 1. The van der Waals surface area contributed by atoms with E-state index in [0.717, 1.165) is 12.1 Å². The van der Waals surface area contributed by atoms with Crippen molar-refractivity contribution in [3.05, 3.63) is 74.2 Å². The number of carboxylic acid groups (broad SMARTS) is 1. The first-order valence-electron chi connectivity index (χ1n) is 6.71. The van der Waals surface area contributed by atoms with Crippen molar-refractivity contribution >= 4 is 22.6 Å². The minimum atomic E-state index is -1.38. The average molecular weight is 328 g/mol. The molecule has 3 aromatic rings. The molecule has 1 heterocycles. The highest BCUT2D eigenvalue weighted by Crippen LogP contribution is 2.23. The van der Waals surface area contributed by atoms with Crippen LogP contribution in [0.1, 0.15) is 10.4 Å². The predicted molar refractivity (Wildman–Crippen MR) is 83.6 cm³/mol. The summed E-state index contributed by atoms with van der Waals surface area (Å²) in [5, 5.41) is 19.8. The fourth-order valence-corrected chi connectivity index (χ4v) is 2.40. The third-order valence-corrected chi connectivity index (χ3v) is 3.52. The molecule has 2 aromatic carbocycles. The normalized spacial score (nSPS) is 10.7. The van der Waals surface area contributed by atoms with Crippen molar-refractivity contribution < 1.29 is 19.2 Å². The number of nitrogens with zero attached hydrogens (tertiary/aromatic N) is 1. The molecule has 7 nitrogen and oxygen atoms in total. The number of aromatic nitrogens is 1. The number of fused-ring (bicyclic) bond motifs is 1. The number of carbonyl (C=O) groups is 1. The van der Waals surface area contributed by atoms with Gasteiger partial charge in [0.25, 0.3) is 5.69 Å². The minimum Gasteiger partial charge on any atom is -0.478 e. The number of aromatic amines is 1. The molecule has 0 radical (unpaired) electrons. The summed E-state index contributed by atoms with van der Waals surface area (Å²) < 4.78 is 13.5. The fraction of sp³-hybridized carbons (Fsp3) is 0. The molecule has 0 aliphatic rings. The summed E-state index contributed by atoms with van der Waals surface area (Å²) in [5.74, 6) is -2.20. The van der Waals surface area contributed by atoms with Crippen LogP contribution in [-0.4, -0.2) is 21.0 Å². The average Bonchev–Trinajstić information content (AvgIpc) is 2.54. The molecule has 0 atom stereocenters. The molecular formula is C16H9FN2O5. The Morgan fingerprint density at radius 3 is 2.42 bits per heavy atom. The number of aromatic carboxylic acids is 1. The van der Waals surface area contributed by atoms with Gasteiger partial charge in [-0.15, -0.1) is 0 Å². The van der Waals surface area contributed by atoms with Crippen molar-refractivity contribution in [2.24, 2.45) is 0 Å². The van der Waals surface area contributed by atoms with E-state index in [1.54, 1.807) is 0 Å². The van der Waals surface area contributed by atoms with E-state index in [1.807, 2.05) is 0 Å². The van der Waals surface area contributed by atoms with Crippen LogP contribution in [-0.2, 0) is 0 Å². The van der Waals surface area contributed by atoms with Crippen molar-refractivity contribution in [3.63, 3.8) is 0 Å². The second kappa shape index (κ2) is 5.58. The number of nitro groups is 1. The lowest BCUT2D eigenvalue weighted by molar-refractivity contribution is -0.384. The van der Waals surface area contributed by atoms with Gasteiger partial charge in [0, 0.05) is 29.3 Å². The van der Waals surface area contributed by atoms with Gasteiger partial charge in [-0.1, -0.05) is 0 Å². The predicted octanol–water partition coefficient (Wildman–Crippen LogP) is 2.94. The molecule has 120 valence electrons. The molecule has 8 heteroatoms. The largest absolute Gasteiger partial charge is 0.478 e. The van der Waals surface area contributed by atoms with E-state index in [9.17, 15) is 29.2 Å². The fourth-order valence-electron chi connectivity index (χ4n) is 2.40. The van der Waals surface area contributed by atoms with E-state index in [-0.39, 0.29) is 27.8 Å². The molecule has 0 spiro atoms. The zero-order valence-electron chi connectivity index (χ0n) is 11.9. The van der Waals surface area contributed by atoms with Crippen molar-refractivity contribution in [3.8, 4) is 11.3 Å². The van der Waals surface area contributed by atoms with Gasteiger partial charge in [-0.3, -0.25) is 14.9 Å². The van der Waals surface area contributed by atoms with Gasteiger partial charge in [0.15, 0.2) is 5.43 Å². The minimum absolute atomic E-state index is 0.00949. The monoisotopic (exact) mass is 328 g/mol. The van der Waals surface area contributed by atoms with E-state index in [4.69, 9.17) is 0 Å². The van der Waals surface area contributed by atoms with Crippen molar-refractivity contribution in [2.45, 2.75) is 0 Å². The van der Waals surface area contributed by atoms with Gasteiger partial charge in [0.2, 0.25) is 0 Å². The van der Waals surface area contributed by atoms with E-state index >= 15 is 0 Å². The van der Waals surface area contributed by atoms with Gasteiger partial charge in [0.05, 0.1) is 16.0 Å². The highest BCUT2D eigenvalue weighted by atomic mass is 19.1. The molecule has 0 aliphatic carbocycles. The lowest BCUT2D eigenvalue weighted by Crippen LogP contribution is -2.08. The van der Waals surface area contributed by atoms with Crippen LogP contribution in [0.4, 0.5) is 10.1 Å². The number of non-ortho nitro benzene ring substituents is 1. The quantitative estimate of drug-likeness (QED) is 0.567. The highest BCUT2D eigenvalue weighted by molar-refractivity contribution is 6.02. The Morgan fingerprint density at radius 1 is 1.17 bits per heavy atom. The summed E-state index contributed by atoms with van der Waals surface area (Å²) in [6, 6.07) is 8.36. The number of H-pyrrole nitrogens is 1. The van der Waals surface area contributed by atoms with Gasteiger partial charge >= 0.3 is 5.97 Å². The first kappa shape index (κ1) is 15.3. The van der Waals surface area contributed by atoms with Gasteiger partial charge in [0.1, 0.15) is 5.82 Å². The second-order valence-corrected chi connectivity index (χ2v) is 5.03. The number of carboxylic acids is 1. The molecule has 0 fully saturated rings. The molecule has 0 unspecified atom stereocenters. The van der Waals surface area contributed by atoms with Gasteiger partial charge in [-0.2, -0.15) is 0 Å². The molecule has 1 aromatic heterocycles. The van der Waals surface area contributed by atoms with Gasteiger partial charge in [-0.05, 0) is 29.8 Å². The van der Waals surface area contributed by atoms with Crippen molar-refractivity contribution in [1.82, 2.24) is 4.98 Å². The standard InChI is InChI=1S/C16H9FN2O5/c17-9-5-11-14(20)7-13(18-15(11)12(6-9)16(21)22)8-1-3-10(4-2-8)19(23)24/h1-7H,(H,18,20)(H,21,22). The van der Waals surface area contributed by atoms with E-state index in [1.165, 1.54) is 30.3 Å². The van der Waals surface area contributed by atoms with Crippen LogP contribution in [0.5, 0.6) is 0 Å². The lowest BCUT2D eigenvalue weighted by Gasteiger charge is -2.07. The van der Waals surface area contributed by atoms with Crippen LogP contribution in [0.3, 0.4) is 0 Å². The summed E-state index contributed by atoms with van der Waals surface area (Å²) in [5.41, 5.74) is -0.318. The Bertz CT molecular complexity index is 1040.